The number of nitrogens with zero attached hydrogens (tertiary/aromatic N) is 1. The fourth-order valence-corrected chi connectivity index (χ4v) is 3.07. The lowest BCUT2D eigenvalue weighted by Gasteiger charge is -2.29. The minimum atomic E-state index is 0.338. The van der Waals surface area contributed by atoms with Gasteiger partial charge in [-0.05, 0) is 32.2 Å². The van der Waals surface area contributed by atoms with Crippen molar-refractivity contribution in [2.24, 2.45) is 11.6 Å². The lowest BCUT2D eigenvalue weighted by Crippen LogP contribution is -2.39. The lowest BCUT2D eigenvalue weighted by molar-refractivity contribution is 0.232. The first-order valence-electron chi connectivity index (χ1n) is 7.51. The van der Waals surface area contributed by atoms with E-state index in [4.69, 9.17) is 11.6 Å². The molecule has 2 aliphatic rings. The monoisotopic (exact) mass is 252 g/mol. The zero-order chi connectivity index (χ0) is 12.8. The molecule has 18 heavy (non-hydrogen) atoms. The Morgan fingerprint density at radius 2 is 1.67 bits per heavy atom. The molecule has 1 aliphatic heterocycles. The van der Waals surface area contributed by atoms with Crippen LogP contribution in [0.1, 0.15) is 57.8 Å². The van der Waals surface area contributed by atoms with E-state index in [1.54, 1.807) is 0 Å². The molecule has 0 bridgehead atoms. The van der Waals surface area contributed by atoms with E-state index in [-0.39, 0.29) is 0 Å². The Morgan fingerprint density at radius 3 is 2.28 bits per heavy atom. The Balaban J connectivity index is 1.87. The number of hydrogen-bond acceptors (Lipinski definition) is 4. The van der Waals surface area contributed by atoms with Crippen LogP contribution in [0, 0.1) is 0 Å². The second-order valence-corrected chi connectivity index (χ2v) is 5.72. The van der Waals surface area contributed by atoms with Gasteiger partial charge >= 0.3 is 0 Å². The normalized spacial score (nSPS) is 27.8. The Hall–Kier alpha value is -0.740. The van der Waals surface area contributed by atoms with E-state index < -0.39 is 0 Å². The van der Waals surface area contributed by atoms with Crippen molar-refractivity contribution in [1.82, 2.24) is 10.3 Å². The number of nitrogens with two attached hydrogens (primary N) is 2. The molecule has 2 rings (SSSR count). The summed E-state index contributed by atoms with van der Waals surface area (Å²) in [6.07, 6.45) is 13.4. The van der Waals surface area contributed by atoms with Crippen molar-refractivity contribution < 1.29 is 0 Å². The number of hydrazine groups is 1. The molecular weight excluding hydrogens is 224 g/mol. The smallest absolute Gasteiger partial charge is 0.0483 e. The van der Waals surface area contributed by atoms with Crippen molar-refractivity contribution in [1.29, 1.82) is 0 Å². The van der Waals surface area contributed by atoms with Gasteiger partial charge in [0.25, 0.3) is 0 Å². The summed E-state index contributed by atoms with van der Waals surface area (Å²) in [5.74, 6) is 6.19. The molecule has 0 amide bonds. The molecule has 4 nitrogen and oxygen atoms in total. The zero-order valence-corrected chi connectivity index (χ0v) is 11.4. The number of nitrogens with one attached hydrogen (secondary N) is 1. The van der Waals surface area contributed by atoms with Crippen LogP contribution < -0.4 is 16.9 Å². The average Bonchev–Trinajstić information content (AvgIpc) is 2.81. The molecule has 1 atom stereocenters. The van der Waals surface area contributed by atoms with Crippen LogP contribution in [-0.2, 0) is 0 Å². The Labute approximate surface area is 111 Å². The van der Waals surface area contributed by atoms with Crippen molar-refractivity contribution in [3.63, 3.8) is 0 Å². The number of rotatable bonds is 3. The van der Waals surface area contributed by atoms with Gasteiger partial charge in [-0.15, -0.1) is 0 Å². The van der Waals surface area contributed by atoms with Crippen LogP contribution in [-0.4, -0.2) is 23.6 Å². The van der Waals surface area contributed by atoms with Gasteiger partial charge in [-0.3, -0.25) is 0 Å². The summed E-state index contributed by atoms with van der Waals surface area (Å²) >= 11 is 0. The molecular formula is C14H28N4. The van der Waals surface area contributed by atoms with Gasteiger partial charge in [-0.1, -0.05) is 32.1 Å². The molecule has 5 N–H and O–H groups in total. The standard InChI is InChI=1S/C14H28N4/c15-13(14-9-6-10-17-14)11-18(16)12-7-4-2-1-3-5-8-12/h11-12,14,17H,1-10,15-16H2/b13-11-. The third-order valence-corrected chi connectivity index (χ3v) is 4.26. The second kappa shape index (κ2) is 7.00. The average molecular weight is 252 g/mol. The van der Waals surface area contributed by atoms with Crippen LogP contribution in [0.15, 0.2) is 11.9 Å². The van der Waals surface area contributed by atoms with Crippen molar-refractivity contribution in [2.45, 2.75) is 69.9 Å². The van der Waals surface area contributed by atoms with Gasteiger partial charge in [0.05, 0.1) is 0 Å². The maximum absolute atomic E-state index is 6.19. The molecule has 1 unspecified atom stereocenters. The van der Waals surface area contributed by atoms with Gasteiger partial charge in [0, 0.05) is 24.0 Å². The highest BCUT2D eigenvalue weighted by molar-refractivity contribution is 5.08. The summed E-state index contributed by atoms with van der Waals surface area (Å²) in [6.45, 7) is 1.08. The van der Waals surface area contributed by atoms with Crippen molar-refractivity contribution in [3.05, 3.63) is 11.9 Å². The van der Waals surface area contributed by atoms with Crippen LogP contribution >= 0.6 is 0 Å². The maximum Gasteiger partial charge on any atom is 0.0483 e. The zero-order valence-electron chi connectivity index (χ0n) is 11.4. The molecule has 0 aromatic heterocycles. The van der Waals surface area contributed by atoms with Gasteiger partial charge in [0.15, 0.2) is 0 Å². The molecule has 104 valence electrons. The Kier molecular flexibility index (Phi) is 5.32. The first-order chi connectivity index (χ1) is 8.77. The highest BCUT2D eigenvalue weighted by Crippen LogP contribution is 2.20. The van der Waals surface area contributed by atoms with Crippen LogP contribution in [0.25, 0.3) is 0 Å². The molecule has 0 radical (unpaired) electrons. The third-order valence-electron chi connectivity index (χ3n) is 4.26. The summed E-state index contributed by atoms with van der Waals surface area (Å²) in [5.41, 5.74) is 7.03. The van der Waals surface area contributed by atoms with Gasteiger partial charge in [0.2, 0.25) is 0 Å². The van der Waals surface area contributed by atoms with E-state index >= 15 is 0 Å². The molecule has 1 saturated carbocycles. The SMILES string of the molecule is N/C(=C\N(N)C1CCCCCCC1)C1CCCN1. The fraction of sp³-hybridized carbons (Fsp3) is 0.857. The Bertz CT molecular complexity index is 263. The summed E-state index contributed by atoms with van der Waals surface area (Å²) in [7, 11) is 0. The van der Waals surface area contributed by atoms with Gasteiger partial charge in [0.1, 0.15) is 0 Å². The highest BCUT2D eigenvalue weighted by Gasteiger charge is 2.19. The van der Waals surface area contributed by atoms with Crippen molar-refractivity contribution in [2.75, 3.05) is 6.54 Å². The topological polar surface area (TPSA) is 67.3 Å². The van der Waals surface area contributed by atoms with Gasteiger partial charge in [-0.2, -0.15) is 0 Å². The molecule has 1 aliphatic carbocycles. The predicted octanol–water partition coefficient (Wildman–Crippen LogP) is 1.83. The summed E-state index contributed by atoms with van der Waals surface area (Å²) in [5, 5.41) is 5.29. The summed E-state index contributed by atoms with van der Waals surface area (Å²) in [6, 6.07) is 0.815. The van der Waals surface area contributed by atoms with Crippen LogP contribution in [0.3, 0.4) is 0 Å². The quantitative estimate of drug-likeness (QED) is 0.529. The van der Waals surface area contributed by atoms with Crippen molar-refractivity contribution in [3.8, 4) is 0 Å². The minimum Gasteiger partial charge on any atom is -0.400 e. The number of hydrogen-bond donors (Lipinski definition) is 3. The molecule has 0 aromatic rings. The van der Waals surface area contributed by atoms with Gasteiger partial charge in [-0.25, -0.2) is 5.84 Å². The van der Waals surface area contributed by atoms with E-state index in [2.05, 4.69) is 5.32 Å². The lowest BCUT2D eigenvalue weighted by atomic mass is 9.96. The molecule has 2 fully saturated rings. The molecule has 0 spiro atoms. The fourth-order valence-electron chi connectivity index (χ4n) is 3.07. The third kappa shape index (κ3) is 3.89. The maximum atomic E-state index is 6.19. The molecule has 4 heteroatoms. The first-order valence-corrected chi connectivity index (χ1v) is 7.51. The predicted molar refractivity (Wildman–Crippen MR) is 75.4 cm³/mol. The summed E-state index contributed by atoms with van der Waals surface area (Å²) in [4.78, 5) is 0. The van der Waals surface area contributed by atoms with E-state index in [1.165, 1.54) is 51.4 Å². The van der Waals surface area contributed by atoms with Crippen LogP contribution in [0.5, 0.6) is 0 Å². The van der Waals surface area contributed by atoms with Gasteiger partial charge < -0.3 is 16.1 Å². The van der Waals surface area contributed by atoms with Crippen molar-refractivity contribution >= 4 is 0 Å². The van der Waals surface area contributed by atoms with E-state index in [9.17, 15) is 0 Å². The van der Waals surface area contributed by atoms with Crippen LogP contribution in [0.4, 0.5) is 0 Å². The first kappa shape index (κ1) is 13.7. The summed E-state index contributed by atoms with van der Waals surface area (Å²) < 4.78 is 0. The van der Waals surface area contributed by atoms with E-state index in [0.29, 0.717) is 12.1 Å². The van der Waals surface area contributed by atoms with E-state index in [0.717, 1.165) is 18.7 Å². The second-order valence-electron chi connectivity index (χ2n) is 5.72. The molecule has 0 aromatic carbocycles. The van der Waals surface area contributed by atoms with Crippen LogP contribution in [0.2, 0.25) is 0 Å². The molecule has 1 saturated heterocycles. The largest absolute Gasteiger partial charge is 0.400 e. The van der Waals surface area contributed by atoms with E-state index in [1.807, 2.05) is 11.2 Å². The molecule has 1 heterocycles. The highest BCUT2D eigenvalue weighted by atomic mass is 15.4. The Morgan fingerprint density at radius 1 is 1.00 bits per heavy atom. The minimum absolute atomic E-state index is 0.338.